The number of nitrogens with zero attached hydrogens (tertiary/aromatic N) is 1. The number of amides is 1. The average molecular weight is 392 g/mol. The van der Waals surface area contributed by atoms with E-state index in [-0.39, 0.29) is 38.0 Å². The van der Waals surface area contributed by atoms with Crippen molar-refractivity contribution in [2.45, 2.75) is 67.0 Å². The van der Waals surface area contributed by atoms with E-state index >= 15 is 0 Å². The Morgan fingerprint density at radius 3 is 2.00 bits per heavy atom. The molecule has 0 fully saturated rings. The average Bonchev–Trinajstić information content (AvgIpc) is 2.52. The van der Waals surface area contributed by atoms with Gasteiger partial charge in [0, 0.05) is 12.0 Å². The quantitative estimate of drug-likeness (QED) is 0.665. The maximum atomic E-state index is 12.9. The fraction of sp³-hybridized carbons (Fsp3) is 0.591. The zero-order chi connectivity index (χ0) is 21.5. The molecule has 6 heteroatoms. The highest BCUT2D eigenvalue weighted by Gasteiger charge is 2.29. The molecule has 1 amide bonds. The third-order valence-corrected chi connectivity index (χ3v) is 3.79. The summed E-state index contributed by atoms with van der Waals surface area (Å²) >= 11 is 0. The molecular weight excluding hydrogens is 358 g/mol. The van der Waals surface area contributed by atoms with Gasteiger partial charge in [0.2, 0.25) is 5.91 Å². The molecule has 156 valence electrons. The minimum Gasteiger partial charge on any atom is -0.465 e. The molecule has 0 atom stereocenters. The smallest absolute Gasteiger partial charge is 0.325 e. The number of carbonyl (C=O) groups excluding carboxylic acids is 3. The van der Waals surface area contributed by atoms with E-state index in [9.17, 15) is 14.4 Å². The number of rotatable bonds is 7. The van der Waals surface area contributed by atoms with Crippen LogP contribution in [0.25, 0.3) is 0 Å². The monoisotopic (exact) mass is 391 g/mol. The number of benzene rings is 1. The van der Waals surface area contributed by atoms with Gasteiger partial charge >= 0.3 is 11.9 Å². The second kappa shape index (κ2) is 9.71. The Balaban J connectivity index is 3.06. The lowest BCUT2D eigenvalue weighted by atomic mass is 9.94. The number of carbonyl (C=O) groups is 3. The van der Waals surface area contributed by atoms with Crippen LogP contribution in [-0.2, 0) is 36.8 Å². The van der Waals surface area contributed by atoms with Gasteiger partial charge < -0.3 is 14.4 Å². The van der Waals surface area contributed by atoms with Crippen molar-refractivity contribution in [3.05, 3.63) is 35.4 Å². The second-order valence-electron chi connectivity index (χ2n) is 8.75. The van der Waals surface area contributed by atoms with E-state index in [1.165, 1.54) is 4.90 Å². The molecule has 1 aromatic rings. The van der Waals surface area contributed by atoms with Crippen LogP contribution in [0, 0.1) is 5.41 Å². The predicted octanol–water partition coefficient (Wildman–Crippen LogP) is 3.51. The van der Waals surface area contributed by atoms with Crippen LogP contribution in [0.4, 0.5) is 0 Å². The summed E-state index contributed by atoms with van der Waals surface area (Å²) in [7, 11) is 0. The van der Waals surface area contributed by atoms with E-state index in [1.807, 2.05) is 45.0 Å². The molecule has 0 aliphatic rings. The second-order valence-corrected chi connectivity index (χ2v) is 8.75. The molecule has 0 unspecified atom stereocenters. The van der Waals surface area contributed by atoms with Gasteiger partial charge in [-0.15, -0.1) is 0 Å². The molecule has 1 aromatic carbocycles. The maximum Gasteiger partial charge on any atom is 0.325 e. The largest absolute Gasteiger partial charge is 0.465 e. The predicted molar refractivity (Wildman–Crippen MR) is 107 cm³/mol. The molecule has 28 heavy (non-hydrogen) atoms. The Bertz CT molecular complexity index is 698. The fourth-order valence-electron chi connectivity index (χ4n) is 2.66. The first kappa shape index (κ1) is 23.7. The van der Waals surface area contributed by atoms with Crippen LogP contribution in [-0.4, -0.2) is 41.5 Å². The summed E-state index contributed by atoms with van der Waals surface area (Å²) in [5.41, 5.74) is 0.360. The van der Waals surface area contributed by atoms with Crippen molar-refractivity contribution in [3.8, 4) is 0 Å². The van der Waals surface area contributed by atoms with Gasteiger partial charge in [0.05, 0.1) is 13.0 Å². The van der Waals surface area contributed by atoms with Crippen molar-refractivity contribution in [1.82, 2.24) is 4.90 Å². The molecule has 0 heterocycles. The van der Waals surface area contributed by atoms with Crippen LogP contribution < -0.4 is 0 Å². The Labute approximate surface area is 168 Å². The topological polar surface area (TPSA) is 72.9 Å². The van der Waals surface area contributed by atoms with Gasteiger partial charge in [-0.3, -0.25) is 14.4 Å². The molecule has 0 spiro atoms. The highest BCUT2D eigenvalue weighted by Crippen LogP contribution is 2.21. The highest BCUT2D eigenvalue weighted by molar-refractivity contribution is 5.85. The third-order valence-electron chi connectivity index (χ3n) is 3.79. The summed E-state index contributed by atoms with van der Waals surface area (Å²) in [6, 6.07) is 7.37. The lowest BCUT2D eigenvalue weighted by Gasteiger charge is -2.29. The van der Waals surface area contributed by atoms with Gasteiger partial charge in [-0.1, -0.05) is 45.0 Å². The summed E-state index contributed by atoms with van der Waals surface area (Å²) in [6.45, 7) is 12.9. The van der Waals surface area contributed by atoms with Crippen molar-refractivity contribution in [2.75, 3.05) is 13.2 Å². The van der Waals surface area contributed by atoms with Crippen molar-refractivity contribution < 1.29 is 23.9 Å². The third kappa shape index (κ3) is 8.11. The lowest BCUT2D eigenvalue weighted by Crippen LogP contribution is -2.42. The van der Waals surface area contributed by atoms with Crippen molar-refractivity contribution in [2.24, 2.45) is 5.41 Å². The summed E-state index contributed by atoms with van der Waals surface area (Å²) in [5, 5.41) is 0. The first-order valence-electron chi connectivity index (χ1n) is 9.57. The Hall–Kier alpha value is -2.37. The number of ether oxygens (including phenoxy) is 2. The minimum atomic E-state index is -0.646. The summed E-state index contributed by atoms with van der Waals surface area (Å²) in [4.78, 5) is 38.6. The van der Waals surface area contributed by atoms with E-state index in [4.69, 9.17) is 9.47 Å². The Morgan fingerprint density at radius 1 is 0.929 bits per heavy atom. The summed E-state index contributed by atoms with van der Waals surface area (Å²) in [6.07, 6.45) is 0.102. The van der Waals surface area contributed by atoms with Crippen LogP contribution >= 0.6 is 0 Å². The van der Waals surface area contributed by atoms with Crippen LogP contribution in [0.1, 0.15) is 59.6 Å². The Kier molecular flexibility index (Phi) is 8.21. The van der Waals surface area contributed by atoms with Crippen molar-refractivity contribution in [3.63, 3.8) is 0 Å². The molecular formula is C22H33NO5. The van der Waals surface area contributed by atoms with E-state index in [1.54, 1.807) is 27.7 Å². The summed E-state index contributed by atoms with van der Waals surface area (Å²) in [5.74, 6) is -0.948. The van der Waals surface area contributed by atoms with Crippen LogP contribution in [0.2, 0.25) is 0 Å². The molecule has 0 aromatic heterocycles. The van der Waals surface area contributed by atoms with Gasteiger partial charge in [-0.25, -0.2) is 0 Å². The molecule has 0 bridgehead atoms. The van der Waals surface area contributed by atoms with Gasteiger partial charge in [-0.05, 0) is 38.8 Å². The minimum absolute atomic E-state index is 0.102. The molecule has 0 saturated carbocycles. The van der Waals surface area contributed by atoms with Crippen LogP contribution in [0.3, 0.4) is 0 Å². The van der Waals surface area contributed by atoms with Gasteiger partial charge in [-0.2, -0.15) is 0 Å². The highest BCUT2D eigenvalue weighted by atomic mass is 16.6. The number of hydrogen-bond acceptors (Lipinski definition) is 5. The fourth-order valence-corrected chi connectivity index (χ4v) is 2.66. The van der Waals surface area contributed by atoms with E-state index in [0.717, 1.165) is 11.1 Å². The first-order chi connectivity index (χ1) is 12.8. The molecule has 0 aliphatic carbocycles. The van der Waals surface area contributed by atoms with Gasteiger partial charge in [0.25, 0.3) is 0 Å². The lowest BCUT2D eigenvalue weighted by molar-refractivity contribution is -0.154. The van der Waals surface area contributed by atoms with Gasteiger partial charge in [0.1, 0.15) is 12.1 Å². The molecule has 1 rings (SSSR count). The number of esters is 2. The molecule has 0 saturated heterocycles. The maximum absolute atomic E-state index is 12.9. The van der Waals surface area contributed by atoms with Gasteiger partial charge in [0.15, 0.2) is 0 Å². The molecule has 0 radical (unpaired) electrons. The number of hydrogen-bond donors (Lipinski definition) is 0. The normalized spacial score (nSPS) is 11.7. The zero-order valence-electron chi connectivity index (χ0n) is 18.1. The Morgan fingerprint density at radius 2 is 1.50 bits per heavy atom. The molecule has 6 nitrogen and oxygen atoms in total. The van der Waals surface area contributed by atoms with Crippen LogP contribution in [0.5, 0.6) is 0 Å². The van der Waals surface area contributed by atoms with E-state index in [0.29, 0.717) is 0 Å². The zero-order valence-corrected chi connectivity index (χ0v) is 18.1. The van der Waals surface area contributed by atoms with Crippen molar-refractivity contribution in [1.29, 1.82) is 0 Å². The molecule has 0 aliphatic heterocycles. The standard InChI is InChI=1S/C22H33NO5/c1-8-27-19(25)15-23(20(26)21(2,3)4)14-17-12-10-9-11-16(17)13-18(24)28-22(5,6)7/h9-12H,8,13-15H2,1-7H3. The van der Waals surface area contributed by atoms with E-state index in [2.05, 4.69) is 0 Å². The first-order valence-corrected chi connectivity index (χ1v) is 9.57. The van der Waals surface area contributed by atoms with Crippen LogP contribution in [0.15, 0.2) is 24.3 Å². The SMILES string of the molecule is CCOC(=O)CN(Cc1ccccc1CC(=O)OC(C)(C)C)C(=O)C(C)(C)C. The molecule has 0 N–H and O–H groups in total. The van der Waals surface area contributed by atoms with E-state index < -0.39 is 17.0 Å². The van der Waals surface area contributed by atoms with Crippen molar-refractivity contribution >= 4 is 17.8 Å². The summed E-state index contributed by atoms with van der Waals surface area (Å²) < 4.78 is 10.4.